The lowest BCUT2D eigenvalue weighted by Crippen LogP contribution is -2.22. The van der Waals surface area contributed by atoms with Crippen LogP contribution in [0.2, 0.25) is 0 Å². The van der Waals surface area contributed by atoms with E-state index in [9.17, 15) is 9.18 Å². The first kappa shape index (κ1) is 17.4. The molecule has 0 N–H and O–H groups in total. The molecule has 0 radical (unpaired) electrons. The third kappa shape index (κ3) is 3.61. The molecular weight excluding hydrogens is 373 g/mol. The molecule has 27 heavy (non-hydrogen) atoms. The van der Waals surface area contributed by atoms with Gasteiger partial charge in [-0.3, -0.25) is 4.57 Å². The van der Waals surface area contributed by atoms with Crippen LogP contribution in [0, 0.1) is 5.82 Å². The predicted molar refractivity (Wildman–Crippen MR) is 97.7 cm³/mol. The second-order valence-corrected chi connectivity index (χ2v) is 6.40. The minimum atomic E-state index is -0.457. The highest BCUT2D eigenvalue weighted by atomic mass is 35.5. The smallest absolute Gasteiger partial charge is 0.351 e. The van der Waals surface area contributed by atoms with Crippen molar-refractivity contribution in [2.24, 2.45) is 0 Å². The van der Waals surface area contributed by atoms with Crippen molar-refractivity contribution in [3.8, 4) is 5.69 Å². The molecule has 0 aliphatic rings. The molecule has 0 amide bonds. The van der Waals surface area contributed by atoms with Crippen LogP contribution in [0.5, 0.6) is 0 Å². The average molecular weight is 388 g/mol. The van der Waals surface area contributed by atoms with Gasteiger partial charge in [-0.2, -0.15) is 4.98 Å². The molecule has 0 aliphatic carbocycles. The van der Waals surface area contributed by atoms with Gasteiger partial charge in [-0.15, -0.1) is 16.7 Å². The van der Waals surface area contributed by atoms with Gasteiger partial charge in [0.25, 0.3) is 0 Å². The number of alkyl halides is 1. The highest BCUT2D eigenvalue weighted by Gasteiger charge is 2.11. The van der Waals surface area contributed by atoms with E-state index in [0.717, 1.165) is 17.6 Å². The number of para-hydroxylation sites is 1. The standard InChI is InChI=1S/C18H15ClFN5O2/c19-7-3-4-14-8-12-9-24(18(26)21-17(12)27-14)10-13-11-25(23-22-13)16-6-2-1-5-15(16)20/h1-2,5-6,8-9,11H,3-4,7,10H2. The Labute approximate surface area is 158 Å². The third-order valence-electron chi connectivity index (χ3n) is 4.06. The largest absolute Gasteiger partial charge is 0.443 e. The van der Waals surface area contributed by atoms with Gasteiger partial charge in [0.15, 0.2) is 0 Å². The van der Waals surface area contributed by atoms with Crippen LogP contribution in [-0.4, -0.2) is 30.4 Å². The molecule has 4 rings (SSSR count). The van der Waals surface area contributed by atoms with Gasteiger partial charge in [0.1, 0.15) is 23.0 Å². The summed E-state index contributed by atoms with van der Waals surface area (Å²) in [5, 5.41) is 8.67. The zero-order chi connectivity index (χ0) is 18.8. The van der Waals surface area contributed by atoms with Crippen molar-refractivity contribution in [2.45, 2.75) is 19.4 Å². The van der Waals surface area contributed by atoms with E-state index in [1.165, 1.54) is 15.3 Å². The van der Waals surface area contributed by atoms with Crippen LogP contribution in [0.4, 0.5) is 4.39 Å². The average Bonchev–Trinajstić information content (AvgIpc) is 3.27. The zero-order valence-corrected chi connectivity index (χ0v) is 14.9. The summed E-state index contributed by atoms with van der Waals surface area (Å²) in [7, 11) is 0. The van der Waals surface area contributed by atoms with E-state index in [1.807, 2.05) is 6.07 Å². The van der Waals surface area contributed by atoms with Gasteiger partial charge in [0.05, 0.1) is 18.1 Å². The Bertz CT molecular complexity index is 1150. The van der Waals surface area contributed by atoms with Crippen molar-refractivity contribution in [2.75, 3.05) is 5.88 Å². The van der Waals surface area contributed by atoms with Crippen molar-refractivity contribution in [1.82, 2.24) is 24.5 Å². The maximum atomic E-state index is 13.9. The Hall–Kier alpha value is -3.00. The Balaban J connectivity index is 1.61. The summed E-state index contributed by atoms with van der Waals surface area (Å²) in [6.07, 6.45) is 4.71. The minimum Gasteiger partial charge on any atom is -0.443 e. The molecule has 7 nitrogen and oxygen atoms in total. The minimum absolute atomic E-state index is 0.165. The number of benzene rings is 1. The first-order valence-electron chi connectivity index (χ1n) is 8.36. The molecule has 0 saturated heterocycles. The quantitative estimate of drug-likeness (QED) is 0.475. The Morgan fingerprint density at radius 1 is 1.22 bits per heavy atom. The maximum Gasteiger partial charge on any atom is 0.351 e. The highest BCUT2D eigenvalue weighted by Crippen LogP contribution is 2.17. The lowest BCUT2D eigenvalue weighted by molar-refractivity contribution is 0.532. The second-order valence-electron chi connectivity index (χ2n) is 6.02. The highest BCUT2D eigenvalue weighted by molar-refractivity contribution is 6.17. The van der Waals surface area contributed by atoms with E-state index >= 15 is 0 Å². The SMILES string of the molecule is O=c1nc2oc(CCCCl)cc2cn1Cc1cn(-c2ccccc2F)nn1. The number of rotatable bonds is 6. The van der Waals surface area contributed by atoms with Crippen molar-refractivity contribution < 1.29 is 8.81 Å². The van der Waals surface area contributed by atoms with Crippen molar-refractivity contribution >= 4 is 22.7 Å². The molecule has 3 aromatic heterocycles. The zero-order valence-electron chi connectivity index (χ0n) is 14.2. The summed E-state index contributed by atoms with van der Waals surface area (Å²) >= 11 is 5.70. The van der Waals surface area contributed by atoms with Crippen LogP contribution < -0.4 is 5.69 Å². The Morgan fingerprint density at radius 2 is 2.07 bits per heavy atom. The summed E-state index contributed by atoms with van der Waals surface area (Å²) in [6, 6.07) is 8.11. The van der Waals surface area contributed by atoms with Crippen LogP contribution in [0.1, 0.15) is 17.9 Å². The van der Waals surface area contributed by atoms with Gasteiger partial charge in [0.2, 0.25) is 5.71 Å². The predicted octanol–water partition coefficient (Wildman–Crippen LogP) is 2.93. The van der Waals surface area contributed by atoms with E-state index in [1.54, 1.807) is 30.6 Å². The van der Waals surface area contributed by atoms with Gasteiger partial charge < -0.3 is 4.42 Å². The van der Waals surface area contributed by atoms with Crippen LogP contribution in [0.25, 0.3) is 16.8 Å². The molecule has 3 heterocycles. The van der Waals surface area contributed by atoms with Crippen molar-refractivity contribution in [3.63, 3.8) is 0 Å². The lowest BCUT2D eigenvalue weighted by Gasteiger charge is -2.02. The summed E-state index contributed by atoms with van der Waals surface area (Å²) < 4.78 is 22.2. The molecule has 0 spiro atoms. The molecule has 1 aromatic carbocycles. The molecule has 0 fully saturated rings. The van der Waals surface area contributed by atoms with Crippen LogP contribution in [-0.2, 0) is 13.0 Å². The number of hydrogen-bond acceptors (Lipinski definition) is 5. The number of halogens is 2. The van der Waals surface area contributed by atoms with Crippen molar-refractivity contribution in [1.29, 1.82) is 0 Å². The van der Waals surface area contributed by atoms with Crippen LogP contribution in [0.3, 0.4) is 0 Å². The first-order valence-corrected chi connectivity index (χ1v) is 8.89. The number of aromatic nitrogens is 5. The number of furan rings is 1. The fourth-order valence-corrected chi connectivity index (χ4v) is 2.91. The maximum absolute atomic E-state index is 13.9. The van der Waals surface area contributed by atoms with Gasteiger partial charge in [-0.1, -0.05) is 17.3 Å². The lowest BCUT2D eigenvalue weighted by atomic mass is 10.2. The van der Waals surface area contributed by atoms with E-state index in [2.05, 4.69) is 15.3 Å². The summed E-state index contributed by atoms with van der Waals surface area (Å²) in [4.78, 5) is 16.2. The second kappa shape index (κ2) is 7.32. The number of fused-ring (bicyclic) bond motifs is 1. The molecule has 0 saturated carbocycles. The molecular formula is C18H15ClFN5O2. The van der Waals surface area contributed by atoms with Crippen LogP contribution in [0.15, 0.2) is 51.9 Å². The topological polar surface area (TPSA) is 78.7 Å². The van der Waals surface area contributed by atoms with E-state index in [0.29, 0.717) is 23.7 Å². The fourth-order valence-electron chi connectivity index (χ4n) is 2.78. The van der Waals surface area contributed by atoms with Gasteiger partial charge >= 0.3 is 5.69 Å². The van der Waals surface area contributed by atoms with E-state index in [4.69, 9.17) is 16.0 Å². The molecule has 0 atom stereocenters. The van der Waals surface area contributed by atoms with E-state index in [-0.39, 0.29) is 12.2 Å². The molecule has 0 bridgehead atoms. The summed E-state index contributed by atoms with van der Waals surface area (Å²) in [5.74, 6) is 0.868. The Morgan fingerprint density at radius 3 is 2.89 bits per heavy atom. The van der Waals surface area contributed by atoms with Gasteiger partial charge in [0, 0.05) is 18.5 Å². The van der Waals surface area contributed by atoms with E-state index < -0.39 is 11.5 Å². The molecule has 0 aliphatic heterocycles. The Kier molecular flexibility index (Phi) is 4.72. The number of aryl methyl sites for hydroxylation is 1. The molecule has 138 valence electrons. The summed E-state index contributed by atoms with van der Waals surface area (Å²) in [5.41, 5.74) is 0.639. The summed E-state index contributed by atoms with van der Waals surface area (Å²) in [6.45, 7) is 0.165. The monoisotopic (exact) mass is 387 g/mol. The van der Waals surface area contributed by atoms with Gasteiger partial charge in [-0.05, 0) is 24.6 Å². The molecule has 0 unspecified atom stereocenters. The third-order valence-corrected chi connectivity index (χ3v) is 4.33. The van der Waals surface area contributed by atoms with Gasteiger partial charge in [-0.25, -0.2) is 13.9 Å². The number of nitrogens with zero attached hydrogens (tertiary/aromatic N) is 5. The molecule has 4 aromatic rings. The molecule has 9 heteroatoms. The fraction of sp³-hybridized carbons (Fsp3) is 0.222. The first-order chi connectivity index (χ1) is 13.1. The number of hydrogen-bond donors (Lipinski definition) is 0. The van der Waals surface area contributed by atoms with Crippen molar-refractivity contribution in [3.05, 3.63) is 70.5 Å². The normalized spacial score (nSPS) is 11.3. The van der Waals surface area contributed by atoms with Crippen LogP contribution >= 0.6 is 11.6 Å².